The van der Waals surface area contributed by atoms with Crippen molar-refractivity contribution in [2.24, 2.45) is 0 Å². The van der Waals surface area contributed by atoms with Crippen LogP contribution in [0.2, 0.25) is 0 Å². The van der Waals surface area contributed by atoms with Gasteiger partial charge in [0.1, 0.15) is 0 Å². The van der Waals surface area contributed by atoms with E-state index in [1.807, 2.05) is 0 Å². The van der Waals surface area contributed by atoms with Crippen molar-refractivity contribution in [3.8, 4) is 0 Å². The number of methoxy groups -OCH3 is 1. The Morgan fingerprint density at radius 3 is 2.90 bits per heavy atom. The first-order chi connectivity index (χ1) is 9.54. The van der Waals surface area contributed by atoms with Crippen LogP contribution in [-0.2, 0) is 16.1 Å². The van der Waals surface area contributed by atoms with Crippen LogP contribution in [0.1, 0.15) is 5.56 Å². The van der Waals surface area contributed by atoms with Crippen molar-refractivity contribution in [1.82, 2.24) is 10.6 Å². The third-order valence-corrected chi connectivity index (χ3v) is 2.96. The highest BCUT2D eigenvalue weighted by Crippen LogP contribution is 2.22. The predicted molar refractivity (Wildman–Crippen MR) is 77.4 cm³/mol. The number of halogens is 1. The van der Waals surface area contributed by atoms with Gasteiger partial charge in [0.2, 0.25) is 5.91 Å². The largest absolute Gasteiger partial charge is 0.383 e. The zero-order valence-electron chi connectivity index (χ0n) is 11.0. The number of amides is 1. The maximum absolute atomic E-state index is 11.4. The number of ether oxygens (including phenoxy) is 1. The zero-order valence-corrected chi connectivity index (χ0v) is 12.6. The Morgan fingerprint density at radius 2 is 2.25 bits per heavy atom. The summed E-state index contributed by atoms with van der Waals surface area (Å²) in [7, 11) is 1.55. The first-order valence-corrected chi connectivity index (χ1v) is 6.73. The SMILES string of the molecule is COCCNC(=O)CNCc1cc(Br)ccc1[N+](=O)[O-]. The number of nitrogens with one attached hydrogen (secondary N) is 2. The Bertz CT molecular complexity index is 482. The van der Waals surface area contributed by atoms with Gasteiger partial charge in [0.25, 0.3) is 5.69 Å². The Morgan fingerprint density at radius 1 is 1.50 bits per heavy atom. The molecule has 8 heteroatoms. The van der Waals surface area contributed by atoms with Gasteiger partial charge >= 0.3 is 0 Å². The topological polar surface area (TPSA) is 93.5 Å². The first-order valence-electron chi connectivity index (χ1n) is 5.93. The molecule has 1 amide bonds. The third kappa shape index (κ3) is 5.64. The van der Waals surface area contributed by atoms with Crippen molar-refractivity contribution in [1.29, 1.82) is 0 Å². The van der Waals surface area contributed by atoms with Gasteiger partial charge in [-0.25, -0.2) is 0 Å². The lowest BCUT2D eigenvalue weighted by Gasteiger charge is -2.07. The van der Waals surface area contributed by atoms with Gasteiger partial charge in [-0.3, -0.25) is 14.9 Å². The van der Waals surface area contributed by atoms with Crippen molar-refractivity contribution in [3.05, 3.63) is 38.3 Å². The molecule has 0 atom stereocenters. The van der Waals surface area contributed by atoms with Crippen LogP contribution in [-0.4, -0.2) is 37.6 Å². The molecule has 0 fully saturated rings. The monoisotopic (exact) mass is 345 g/mol. The number of benzene rings is 1. The van der Waals surface area contributed by atoms with Gasteiger partial charge in [-0.15, -0.1) is 0 Å². The van der Waals surface area contributed by atoms with Crippen LogP contribution >= 0.6 is 15.9 Å². The Balaban J connectivity index is 2.47. The predicted octanol–water partition coefficient (Wildman–Crippen LogP) is 1.21. The summed E-state index contributed by atoms with van der Waals surface area (Å²) in [6, 6.07) is 4.70. The first kappa shape index (κ1) is 16.5. The van der Waals surface area contributed by atoms with Crippen molar-refractivity contribution >= 4 is 27.5 Å². The molecular weight excluding hydrogens is 330 g/mol. The van der Waals surface area contributed by atoms with Gasteiger partial charge in [0, 0.05) is 36.3 Å². The summed E-state index contributed by atoms with van der Waals surface area (Å²) in [5, 5.41) is 16.4. The van der Waals surface area contributed by atoms with Crippen LogP contribution < -0.4 is 10.6 Å². The molecule has 0 unspecified atom stereocenters. The summed E-state index contributed by atoms with van der Waals surface area (Å²) >= 11 is 3.26. The molecule has 0 aliphatic carbocycles. The van der Waals surface area contributed by atoms with Gasteiger partial charge in [-0.2, -0.15) is 0 Å². The fourth-order valence-electron chi connectivity index (χ4n) is 1.54. The standard InChI is InChI=1S/C12H16BrN3O4/c1-20-5-4-15-12(17)8-14-7-9-6-10(13)2-3-11(9)16(18)19/h2-3,6,14H,4-5,7-8H2,1H3,(H,15,17). The van der Waals surface area contributed by atoms with Gasteiger partial charge in [0.05, 0.1) is 18.1 Å². The van der Waals surface area contributed by atoms with Crippen molar-refractivity contribution in [2.75, 3.05) is 26.8 Å². The second-order valence-corrected chi connectivity index (χ2v) is 4.89. The third-order valence-electron chi connectivity index (χ3n) is 2.47. The van der Waals surface area contributed by atoms with E-state index >= 15 is 0 Å². The van der Waals surface area contributed by atoms with Crippen molar-refractivity contribution in [2.45, 2.75) is 6.54 Å². The molecule has 0 heterocycles. The Hall–Kier alpha value is -1.51. The quantitative estimate of drug-likeness (QED) is 0.419. The summed E-state index contributed by atoms with van der Waals surface area (Å²) < 4.78 is 5.56. The molecule has 0 radical (unpaired) electrons. The average molecular weight is 346 g/mol. The minimum Gasteiger partial charge on any atom is -0.383 e. The fourth-order valence-corrected chi connectivity index (χ4v) is 1.95. The van der Waals surface area contributed by atoms with Gasteiger partial charge in [-0.1, -0.05) is 15.9 Å². The van der Waals surface area contributed by atoms with E-state index in [4.69, 9.17) is 4.74 Å². The molecule has 1 rings (SSSR count). The van der Waals surface area contributed by atoms with Crippen LogP contribution in [0.15, 0.2) is 22.7 Å². The maximum atomic E-state index is 11.4. The molecule has 1 aromatic rings. The van der Waals surface area contributed by atoms with Crippen LogP contribution in [0.5, 0.6) is 0 Å². The normalized spacial score (nSPS) is 10.3. The van der Waals surface area contributed by atoms with Gasteiger partial charge in [0.15, 0.2) is 0 Å². The minimum atomic E-state index is -0.442. The highest BCUT2D eigenvalue weighted by atomic mass is 79.9. The average Bonchev–Trinajstić information content (AvgIpc) is 2.38. The highest BCUT2D eigenvalue weighted by Gasteiger charge is 2.13. The lowest BCUT2D eigenvalue weighted by Crippen LogP contribution is -2.35. The molecule has 0 aliphatic rings. The van der Waals surface area contributed by atoms with E-state index in [9.17, 15) is 14.9 Å². The van der Waals surface area contributed by atoms with E-state index < -0.39 is 4.92 Å². The number of nitrogens with zero attached hydrogens (tertiary/aromatic N) is 1. The number of carbonyl (C=O) groups is 1. The molecule has 7 nitrogen and oxygen atoms in total. The van der Waals surface area contributed by atoms with E-state index in [-0.39, 0.29) is 24.7 Å². The summed E-state index contributed by atoms with van der Waals surface area (Å²) in [6.45, 7) is 1.22. The summed E-state index contributed by atoms with van der Waals surface area (Å²) in [4.78, 5) is 21.9. The smallest absolute Gasteiger partial charge is 0.273 e. The number of nitro groups is 1. The van der Waals surface area contributed by atoms with Crippen LogP contribution in [0, 0.1) is 10.1 Å². The maximum Gasteiger partial charge on any atom is 0.273 e. The Kier molecular flexibility index (Phi) is 7.13. The molecule has 1 aromatic carbocycles. The highest BCUT2D eigenvalue weighted by molar-refractivity contribution is 9.10. The molecule has 0 saturated carbocycles. The van der Waals surface area contributed by atoms with Crippen molar-refractivity contribution < 1.29 is 14.5 Å². The number of rotatable bonds is 8. The van der Waals surface area contributed by atoms with E-state index in [0.717, 1.165) is 4.47 Å². The van der Waals surface area contributed by atoms with Crippen LogP contribution in [0.4, 0.5) is 5.69 Å². The lowest BCUT2D eigenvalue weighted by atomic mass is 10.2. The van der Waals surface area contributed by atoms with Crippen molar-refractivity contribution in [3.63, 3.8) is 0 Å². The van der Waals surface area contributed by atoms with Gasteiger partial charge in [-0.05, 0) is 12.1 Å². The summed E-state index contributed by atoms with van der Waals surface area (Å²) in [5.74, 6) is -0.181. The molecule has 0 saturated heterocycles. The number of nitro benzene ring substituents is 1. The number of hydrogen-bond acceptors (Lipinski definition) is 5. The molecule has 0 aliphatic heterocycles. The molecule has 110 valence electrons. The van der Waals surface area contributed by atoms with E-state index in [2.05, 4.69) is 26.6 Å². The molecule has 0 bridgehead atoms. The fraction of sp³-hybridized carbons (Fsp3) is 0.417. The second-order valence-electron chi connectivity index (χ2n) is 3.98. The molecule has 2 N–H and O–H groups in total. The van der Waals surface area contributed by atoms with Crippen LogP contribution in [0.3, 0.4) is 0 Å². The van der Waals surface area contributed by atoms with E-state index in [1.54, 1.807) is 19.2 Å². The summed E-state index contributed by atoms with van der Waals surface area (Å²) in [5.41, 5.74) is 0.551. The summed E-state index contributed by atoms with van der Waals surface area (Å²) in [6.07, 6.45) is 0. The second kappa shape index (κ2) is 8.62. The number of carbonyl (C=O) groups excluding carboxylic acids is 1. The van der Waals surface area contributed by atoms with E-state index in [0.29, 0.717) is 18.7 Å². The molecule has 20 heavy (non-hydrogen) atoms. The minimum absolute atomic E-state index is 0.0282. The molecule has 0 aromatic heterocycles. The molecule has 0 spiro atoms. The van der Waals surface area contributed by atoms with Gasteiger partial charge < -0.3 is 15.4 Å². The zero-order chi connectivity index (χ0) is 15.0. The number of hydrogen-bond donors (Lipinski definition) is 2. The Labute approximate surface area is 125 Å². The molecular formula is C12H16BrN3O4. The van der Waals surface area contributed by atoms with E-state index in [1.165, 1.54) is 6.07 Å². The van der Waals surface area contributed by atoms with Crippen LogP contribution in [0.25, 0.3) is 0 Å². The lowest BCUT2D eigenvalue weighted by molar-refractivity contribution is -0.385.